The lowest BCUT2D eigenvalue weighted by Crippen LogP contribution is -2.25. The maximum Gasteiger partial charge on any atom is 0.219 e. The summed E-state index contributed by atoms with van der Waals surface area (Å²) in [6.45, 7) is 1.35. The quantitative estimate of drug-likeness (QED) is 0.513. The Labute approximate surface area is 82.2 Å². The Hall–Kier alpha value is -0.0900. The van der Waals surface area contributed by atoms with Gasteiger partial charge in [-0.1, -0.05) is 15.9 Å². The van der Waals surface area contributed by atoms with Crippen LogP contribution in [0.3, 0.4) is 0 Å². The van der Waals surface area contributed by atoms with E-state index in [-0.39, 0.29) is 5.91 Å². The Kier molecular flexibility index (Phi) is 8.93. The fourth-order valence-corrected chi connectivity index (χ4v) is 1.19. The minimum Gasteiger partial charge on any atom is -0.356 e. The van der Waals surface area contributed by atoms with Crippen LogP contribution in [-0.2, 0) is 4.79 Å². The molecular weight excluding hydrogens is 220 g/mol. The highest BCUT2D eigenvalue weighted by molar-refractivity contribution is 9.09. The fourth-order valence-electron chi connectivity index (χ4n) is 0.798. The number of amides is 1. The number of rotatable bonds is 7. The predicted octanol–water partition coefficient (Wildman–Crippen LogP) is 1.02. The van der Waals surface area contributed by atoms with Crippen molar-refractivity contribution in [1.29, 1.82) is 0 Å². The molecule has 0 aliphatic heterocycles. The smallest absolute Gasteiger partial charge is 0.219 e. The van der Waals surface area contributed by atoms with E-state index >= 15 is 0 Å². The molecule has 0 aromatic heterocycles. The maximum absolute atomic E-state index is 11.0. The SMILES string of the molecule is NCCCNC(=O)CCCCBr. The second-order valence-corrected chi connectivity index (χ2v) is 3.43. The van der Waals surface area contributed by atoms with E-state index in [2.05, 4.69) is 21.2 Å². The molecule has 3 nitrogen and oxygen atoms in total. The predicted molar refractivity (Wildman–Crippen MR) is 54.3 cm³/mol. The Morgan fingerprint density at radius 3 is 2.67 bits per heavy atom. The minimum atomic E-state index is 0.143. The first-order valence-corrected chi connectivity index (χ1v) is 5.46. The Balaban J connectivity index is 3.10. The molecule has 0 aliphatic rings. The van der Waals surface area contributed by atoms with Crippen molar-refractivity contribution in [2.24, 2.45) is 5.73 Å². The van der Waals surface area contributed by atoms with Gasteiger partial charge in [0.15, 0.2) is 0 Å². The van der Waals surface area contributed by atoms with Gasteiger partial charge in [-0.25, -0.2) is 0 Å². The van der Waals surface area contributed by atoms with E-state index in [1.807, 2.05) is 0 Å². The van der Waals surface area contributed by atoms with Crippen molar-refractivity contribution in [2.45, 2.75) is 25.7 Å². The van der Waals surface area contributed by atoms with E-state index in [1.165, 1.54) is 0 Å². The zero-order valence-electron chi connectivity index (χ0n) is 7.31. The zero-order chi connectivity index (χ0) is 9.23. The van der Waals surface area contributed by atoms with Crippen LogP contribution in [0.1, 0.15) is 25.7 Å². The number of carbonyl (C=O) groups is 1. The van der Waals surface area contributed by atoms with Gasteiger partial charge in [0, 0.05) is 18.3 Å². The van der Waals surface area contributed by atoms with Crippen LogP contribution in [0.2, 0.25) is 0 Å². The number of unbranched alkanes of at least 4 members (excludes halogenated alkanes) is 1. The summed E-state index contributed by atoms with van der Waals surface area (Å²) in [4.78, 5) is 11.0. The van der Waals surface area contributed by atoms with Gasteiger partial charge in [0.25, 0.3) is 0 Å². The number of halogens is 1. The molecule has 12 heavy (non-hydrogen) atoms. The molecule has 0 atom stereocenters. The summed E-state index contributed by atoms with van der Waals surface area (Å²) in [5.41, 5.74) is 5.28. The van der Waals surface area contributed by atoms with Gasteiger partial charge < -0.3 is 11.1 Å². The standard InChI is InChI=1S/C8H17BrN2O/c9-5-2-1-4-8(12)11-7-3-6-10/h1-7,10H2,(H,11,12). The summed E-state index contributed by atoms with van der Waals surface area (Å²) in [5.74, 6) is 0.143. The Morgan fingerprint density at radius 1 is 1.33 bits per heavy atom. The summed E-state index contributed by atoms with van der Waals surface area (Å²) in [5, 5.41) is 3.78. The van der Waals surface area contributed by atoms with Gasteiger partial charge in [0.1, 0.15) is 0 Å². The third-order valence-electron chi connectivity index (χ3n) is 1.49. The summed E-state index contributed by atoms with van der Waals surface area (Å²) < 4.78 is 0. The zero-order valence-corrected chi connectivity index (χ0v) is 8.90. The lowest BCUT2D eigenvalue weighted by molar-refractivity contribution is -0.121. The number of hydrogen-bond donors (Lipinski definition) is 2. The van der Waals surface area contributed by atoms with Crippen molar-refractivity contribution in [3.05, 3.63) is 0 Å². The molecule has 0 bridgehead atoms. The van der Waals surface area contributed by atoms with Crippen molar-refractivity contribution in [1.82, 2.24) is 5.32 Å². The number of carbonyl (C=O) groups excluding carboxylic acids is 1. The summed E-state index contributed by atoms with van der Waals surface area (Å²) >= 11 is 3.32. The van der Waals surface area contributed by atoms with Crippen molar-refractivity contribution in [2.75, 3.05) is 18.4 Å². The lowest BCUT2D eigenvalue weighted by atomic mass is 10.2. The molecular formula is C8H17BrN2O. The third-order valence-corrected chi connectivity index (χ3v) is 2.05. The minimum absolute atomic E-state index is 0.143. The highest BCUT2D eigenvalue weighted by Crippen LogP contribution is 1.97. The molecule has 1 amide bonds. The van der Waals surface area contributed by atoms with Crippen molar-refractivity contribution < 1.29 is 4.79 Å². The normalized spacial score (nSPS) is 9.83. The van der Waals surface area contributed by atoms with Gasteiger partial charge in [-0.15, -0.1) is 0 Å². The first kappa shape index (κ1) is 11.9. The summed E-state index contributed by atoms with van der Waals surface area (Å²) in [6, 6.07) is 0. The molecule has 0 saturated carbocycles. The van der Waals surface area contributed by atoms with Crippen LogP contribution in [0.4, 0.5) is 0 Å². The number of alkyl halides is 1. The van der Waals surface area contributed by atoms with Crippen LogP contribution in [0.5, 0.6) is 0 Å². The van der Waals surface area contributed by atoms with Crippen LogP contribution >= 0.6 is 15.9 Å². The van der Waals surface area contributed by atoms with Crippen LogP contribution in [0.15, 0.2) is 0 Å². The topological polar surface area (TPSA) is 55.1 Å². The van der Waals surface area contributed by atoms with Crippen molar-refractivity contribution in [3.8, 4) is 0 Å². The van der Waals surface area contributed by atoms with Crippen LogP contribution < -0.4 is 11.1 Å². The average molecular weight is 237 g/mol. The van der Waals surface area contributed by atoms with Crippen LogP contribution in [0.25, 0.3) is 0 Å². The fraction of sp³-hybridized carbons (Fsp3) is 0.875. The summed E-state index contributed by atoms with van der Waals surface area (Å²) in [6.07, 6.45) is 3.52. The van der Waals surface area contributed by atoms with Crippen molar-refractivity contribution in [3.63, 3.8) is 0 Å². The molecule has 72 valence electrons. The van der Waals surface area contributed by atoms with Gasteiger partial charge >= 0.3 is 0 Å². The number of hydrogen-bond acceptors (Lipinski definition) is 2. The average Bonchev–Trinajstić information content (AvgIpc) is 2.06. The molecule has 0 aliphatic carbocycles. The molecule has 3 N–H and O–H groups in total. The van der Waals surface area contributed by atoms with E-state index in [4.69, 9.17) is 5.73 Å². The molecule has 0 rings (SSSR count). The van der Waals surface area contributed by atoms with E-state index in [9.17, 15) is 4.79 Å². The van der Waals surface area contributed by atoms with Gasteiger partial charge in [0.2, 0.25) is 5.91 Å². The van der Waals surface area contributed by atoms with E-state index < -0.39 is 0 Å². The van der Waals surface area contributed by atoms with Crippen molar-refractivity contribution >= 4 is 21.8 Å². The largest absolute Gasteiger partial charge is 0.356 e. The molecule has 0 spiro atoms. The highest BCUT2D eigenvalue weighted by atomic mass is 79.9. The van der Waals surface area contributed by atoms with E-state index in [0.717, 1.165) is 24.6 Å². The number of nitrogens with two attached hydrogens (primary N) is 1. The first-order valence-electron chi connectivity index (χ1n) is 4.34. The molecule has 4 heteroatoms. The molecule has 0 aromatic carbocycles. The number of nitrogens with one attached hydrogen (secondary N) is 1. The molecule has 0 unspecified atom stereocenters. The van der Waals surface area contributed by atoms with Gasteiger partial charge in [-0.2, -0.15) is 0 Å². The van der Waals surface area contributed by atoms with Gasteiger partial charge in [0.05, 0.1) is 0 Å². The third kappa shape index (κ3) is 8.01. The Bertz CT molecular complexity index is 108. The van der Waals surface area contributed by atoms with Crippen LogP contribution in [-0.4, -0.2) is 24.3 Å². The van der Waals surface area contributed by atoms with Gasteiger partial charge in [-0.05, 0) is 25.8 Å². The second kappa shape index (κ2) is 9.00. The molecule has 0 aromatic rings. The van der Waals surface area contributed by atoms with E-state index in [0.29, 0.717) is 19.5 Å². The monoisotopic (exact) mass is 236 g/mol. The molecule has 0 fully saturated rings. The maximum atomic E-state index is 11.0. The van der Waals surface area contributed by atoms with Gasteiger partial charge in [-0.3, -0.25) is 4.79 Å². The lowest BCUT2D eigenvalue weighted by Gasteiger charge is -2.02. The molecule has 0 heterocycles. The second-order valence-electron chi connectivity index (χ2n) is 2.64. The summed E-state index contributed by atoms with van der Waals surface area (Å²) in [7, 11) is 0. The Morgan fingerprint density at radius 2 is 2.08 bits per heavy atom. The van der Waals surface area contributed by atoms with E-state index in [1.54, 1.807) is 0 Å². The molecule has 0 radical (unpaired) electrons. The highest BCUT2D eigenvalue weighted by Gasteiger charge is 1.98. The van der Waals surface area contributed by atoms with Crippen LogP contribution in [0, 0.1) is 0 Å². The molecule has 0 saturated heterocycles. The first-order chi connectivity index (χ1) is 5.81.